The zero-order valence-electron chi connectivity index (χ0n) is 7.18. The lowest BCUT2D eigenvalue weighted by Crippen LogP contribution is -2.22. The van der Waals surface area contributed by atoms with E-state index in [1.807, 2.05) is 0 Å². The van der Waals surface area contributed by atoms with Gasteiger partial charge in [-0.2, -0.15) is 0 Å². The van der Waals surface area contributed by atoms with Gasteiger partial charge in [0, 0.05) is 0 Å². The number of amides is 1. The summed E-state index contributed by atoms with van der Waals surface area (Å²) in [5.74, 6) is -2.25. The Bertz CT molecular complexity index is 575. The van der Waals surface area contributed by atoms with E-state index >= 15 is 0 Å². The number of carboxylic acid groups (broad SMARTS) is 1. The Balaban J connectivity index is 2.73. The molecule has 1 aromatic carbocycles. The van der Waals surface area contributed by atoms with E-state index in [0.29, 0.717) is 0 Å². The SMILES string of the molecule is O=C([O-])c1ccc2c(c1)S(=O)(=O)NC2=O. The average molecular weight is 226 g/mol. The summed E-state index contributed by atoms with van der Waals surface area (Å²) in [7, 11) is -3.90. The number of carboxylic acids is 1. The van der Waals surface area contributed by atoms with Crippen LogP contribution in [0.4, 0.5) is 0 Å². The van der Waals surface area contributed by atoms with Gasteiger partial charge in [-0.05, 0) is 17.7 Å². The fraction of sp³-hybridized carbons (Fsp3) is 0. The average Bonchev–Trinajstić information content (AvgIpc) is 2.37. The second-order valence-corrected chi connectivity index (χ2v) is 4.58. The first-order valence-electron chi connectivity index (χ1n) is 3.84. The molecule has 78 valence electrons. The molecule has 1 aromatic rings. The molecular weight excluding hydrogens is 222 g/mol. The van der Waals surface area contributed by atoms with Gasteiger partial charge in [-0.3, -0.25) is 4.79 Å². The highest BCUT2D eigenvalue weighted by atomic mass is 32.2. The van der Waals surface area contributed by atoms with Gasteiger partial charge in [-0.15, -0.1) is 0 Å². The third-order valence-electron chi connectivity index (χ3n) is 1.98. The first-order chi connectivity index (χ1) is 6.92. The van der Waals surface area contributed by atoms with Gasteiger partial charge in [0.2, 0.25) is 0 Å². The van der Waals surface area contributed by atoms with Crippen molar-refractivity contribution in [3.05, 3.63) is 29.3 Å². The highest BCUT2D eigenvalue weighted by molar-refractivity contribution is 7.90. The summed E-state index contributed by atoms with van der Waals surface area (Å²) < 4.78 is 24.3. The zero-order chi connectivity index (χ0) is 11.2. The van der Waals surface area contributed by atoms with Gasteiger partial charge < -0.3 is 9.90 Å². The van der Waals surface area contributed by atoms with Crippen molar-refractivity contribution in [2.45, 2.75) is 4.90 Å². The van der Waals surface area contributed by atoms with Crippen LogP contribution in [0.15, 0.2) is 23.1 Å². The lowest BCUT2D eigenvalue weighted by atomic mass is 10.1. The third-order valence-corrected chi connectivity index (χ3v) is 3.35. The Morgan fingerprint density at radius 3 is 2.60 bits per heavy atom. The molecule has 1 aliphatic rings. The number of rotatable bonds is 1. The molecular formula is C8H4NO5S-. The molecule has 0 spiro atoms. The molecule has 1 N–H and O–H groups in total. The first-order valence-corrected chi connectivity index (χ1v) is 5.33. The Morgan fingerprint density at radius 1 is 1.33 bits per heavy atom. The Hall–Kier alpha value is -1.89. The monoisotopic (exact) mass is 226 g/mol. The predicted octanol–water partition coefficient (Wildman–Crippen LogP) is -1.52. The van der Waals surface area contributed by atoms with Gasteiger partial charge >= 0.3 is 0 Å². The maximum absolute atomic E-state index is 11.3. The van der Waals surface area contributed by atoms with Crippen molar-refractivity contribution in [3.8, 4) is 0 Å². The predicted molar refractivity (Wildman–Crippen MR) is 45.4 cm³/mol. The van der Waals surface area contributed by atoms with Gasteiger partial charge in [0.1, 0.15) is 4.90 Å². The van der Waals surface area contributed by atoms with Crippen molar-refractivity contribution in [1.29, 1.82) is 0 Å². The van der Waals surface area contributed by atoms with Crippen LogP contribution in [-0.2, 0) is 10.0 Å². The van der Waals surface area contributed by atoms with E-state index in [-0.39, 0.29) is 16.0 Å². The van der Waals surface area contributed by atoms with Crippen molar-refractivity contribution < 1.29 is 23.1 Å². The van der Waals surface area contributed by atoms with E-state index in [1.165, 1.54) is 0 Å². The Labute approximate surface area is 84.6 Å². The van der Waals surface area contributed by atoms with Crippen LogP contribution in [0.3, 0.4) is 0 Å². The van der Waals surface area contributed by atoms with Crippen LogP contribution in [0.5, 0.6) is 0 Å². The minimum atomic E-state index is -3.90. The second-order valence-electron chi connectivity index (χ2n) is 2.93. The van der Waals surface area contributed by atoms with Gasteiger partial charge in [0.15, 0.2) is 0 Å². The molecule has 7 heteroatoms. The minimum Gasteiger partial charge on any atom is -0.545 e. The molecule has 1 aliphatic heterocycles. The second kappa shape index (κ2) is 2.80. The highest BCUT2D eigenvalue weighted by Crippen LogP contribution is 2.23. The number of hydrogen-bond acceptors (Lipinski definition) is 5. The largest absolute Gasteiger partial charge is 0.545 e. The fourth-order valence-corrected chi connectivity index (χ4v) is 2.49. The number of carbonyl (C=O) groups is 2. The summed E-state index contributed by atoms with van der Waals surface area (Å²) in [6.07, 6.45) is 0. The molecule has 0 atom stereocenters. The lowest BCUT2D eigenvalue weighted by Gasteiger charge is -2.02. The van der Waals surface area contributed by atoms with E-state index in [4.69, 9.17) is 0 Å². The standard InChI is InChI=1S/C8H5NO5S/c10-7-5-2-1-4(8(11)12)3-6(5)15(13,14)9-7/h1-3H,(H,9,10)(H,11,12)/p-1. The molecule has 0 aromatic heterocycles. The molecule has 0 radical (unpaired) electrons. The molecule has 15 heavy (non-hydrogen) atoms. The zero-order valence-corrected chi connectivity index (χ0v) is 8.00. The van der Waals surface area contributed by atoms with Crippen LogP contribution in [0.1, 0.15) is 20.7 Å². The van der Waals surface area contributed by atoms with Crippen molar-refractivity contribution in [1.82, 2.24) is 4.72 Å². The summed E-state index contributed by atoms with van der Waals surface area (Å²) in [6.45, 7) is 0. The fourth-order valence-electron chi connectivity index (χ4n) is 1.29. The molecule has 0 bridgehead atoms. The molecule has 1 amide bonds. The van der Waals surface area contributed by atoms with Crippen molar-refractivity contribution >= 4 is 21.9 Å². The summed E-state index contributed by atoms with van der Waals surface area (Å²) in [6, 6.07) is 3.16. The van der Waals surface area contributed by atoms with E-state index < -0.39 is 21.9 Å². The number of carbonyl (C=O) groups excluding carboxylic acids is 2. The molecule has 0 aliphatic carbocycles. The van der Waals surface area contributed by atoms with Crippen LogP contribution in [0.25, 0.3) is 0 Å². The highest BCUT2D eigenvalue weighted by Gasteiger charge is 2.32. The number of sulfonamides is 1. The van der Waals surface area contributed by atoms with Gasteiger partial charge in [0.05, 0.1) is 11.5 Å². The summed E-state index contributed by atoms with van der Waals surface area (Å²) in [5, 5.41) is 10.5. The van der Waals surface area contributed by atoms with Crippen LogP contribution >= 0.6 is 0 Å². The van der Waals surface area contributed by atoms with E-state index in [2.05, 4.69) is 0 Å². The summed E-state index contributed by atoms with van der Waals surface area (Å²) in [5.41, 5.74) is -0.339. The maximum Gasteiger partial charge on any atom is 0.266 e. The maximum atomic E-state index is 11.3. The van der Waals surface area contributed by atoms with E-state index in [9.17, 15) is 23.1 Å². The van der Waals surface area contributed by atoms with Crippen LogP contribution in [0, 0.1) is 0 Å². The number of nitrogens with one attached hydrogen (secondary N) is 1. The Kier molecular flexibility index (Phi) is 1.80. The molecule has 0 saturated heterocycles. The Morgan fingerprint density at radius 2 is 2.00 bits per heavy atom. The minimum absolute atomic E-state index is 0.0556. The number of benzene rings is 1. The van der Waals surface area contributed by atoms with Crippen molar-refractivity contribution in [2.75, 3.05) is 0 Å². The molecule has 0 saturated carbocycles. The van der Waals surface area contributed by atoms with Crippen molar-refractivity contribution in [2.24, 2.45) is 0 Å². The normalized spacial score (nSPS) is 16.9. The quantitative estimate of drug-likeness (QED) is 0.626. The van der Waals surface area contributed by atoms with Crippen LogP contribution in [0.2, 0.25) is 0 Å². The van der Waals surface area contributed by atoms with Gasteiger partial charge in [-0.1, -0.05) is 6.07 Å². The topological polar surface area (TPSA) is 103 Å². The van der Waals surface area contributed by atoms with Gasteiger partial charge in [-0.25, -0.2) is 13.1 Å². The van der Waals surface area contributed by atoms with Crippen LogP contribution in [-0.4, -0.2) is 20.3 Å². The smallest absolute Gasteiger partial charge is 0.266 e. The molecule has 2 rings (SSSR count). The molecule has 0 fully saturated rings. The number of hydrogen-bond donors (Lipinski definition) is 1. The third kappa shape index (κ3) is 1.37. The lowest BCUT2D eigenvalue weighted by molar-refractivity contribution is -0.255. The van der Waals surface area contributed by atoms with Gasteiger partial charge in [0.25, 0.3) is 15.9 Å². The van der Waals surface area contributed by atoms with E-state index in [1.54, 1.807) is 4.72 Å². The molecule has 1 heterocycles. The van der Waals surface area contributed by atoms with Crippen molar-refractivity contribution in [3.63, 3.8) is 0 Å². The molecule has 0 unspecified atom stereocenters. The van der Waals surface area contributed by atoms with E-state index in [0.717, 1.165) is 18.2 Å². The number of aromatic carboxylic acids is 1. The molecule has 6 nitrogen and oxygen atoms in total. The first kappa shape index (κ1) is 9.66. The van der Waals surface area contributed by atoms with Crippen LogP contribution < -0.4 is 9.83 Å². The summed E-state index contributed by atoms with van der Waals surface area (Å²) in [4.78, 5) is 21.3. The number of fused-ring (bicyclic) bond motifs is 1. The summed E-state index contributed by atoms with van der Waals surface area (Å²) >= 11 is 0.